The standard InChI is InChI=1S/C33H38N2O4S2/c1-3-39-33(38)28-26-18-17-21(2)19-27(26)41-32(28)35-31(37)29(22-11-6-4-7-12-22)40-25-16-10-15-24(20-25)34-30(36)23-13-8-5-9-14-23/h4,6-7,10-12,15-16,20-21,23,29H,3,5,8-9,13-14,17-19H2,1-2H3,(H,34,36)(H,35,37). The van der Waals surface area contributed by atoms with Crippen LogP contribution in [0.1, 0.15) is 84.0 Å². The van der Waals surface area contributed by atoms with E-state index in [-0.39, 0.29) is 30.3 Å². The SMILES string of the molecule is CCOC(=O)c1c(NC(=O)C(Sc2cccc(NC(=O)C3CCCCC3)c2)c2ccccc2)sc2c1CCC(C)C2. The maximum absolute atomic E-state index is 13.9. The van der Waals surface area contributed by atoms with Crippen LogP contribution in [0.3, 0.4) is 0 Å². The molecular weight excluding hydrogens is 553 g/mol. The van der Waals surface area contributed by atoms with Crippen LogP contribution in [0.2, 0.25) is 0 Å². The van der Waals surface area contributed by atoms with Crippen molar-refractivity contribution >= 4 is 51.6 Å². The number of hydrogen-bond acceptors (Lipinski definition) is 6. The van der Waals surface area contributed by atoms with E-state index in [9.17, 15) is 14.4 Å². The molecule has 1 saturated carbocycles. The summed E-state index contributed by atoms with van der Waals surface area (Å²) in [6.07, 6.45) is 8.02. The van der Waals surface area contributed by atoms with Gasteiger partial charge in [-0.25, -0.2) is 4.79 Å². The molecule has 0 saturated heterocycles. The molecule has 3 aromatic rings. The highest BCUT2D eigenvalue weighted by Gasteiger charge is 2.31. The molecule has 0 spiro atoms. The molecule has 2 aliphatic carbocycles. The number of esters is 1. The molecule has 1 aromatic heterocycles. The van der Waals surface area contributed by atoms with Crippen LogP contribution < -0.4 is 10.6 Å². The smallest absolute Gasteiger partial charge is 0.341 e. The average Bonchev–Trinajstić information content (AvgIpc) is 3.33. The van der Waals surface area contributed by atoms with E-state index < -0.39 is 5.25 Å². The second-order valence-corrected chi connectivity index (χ2v) is 13.3. The molecule has 0 aliphatic heterocycles. The van der Waals surface area contributed by atoms with Gasteiger partial charge in [-0.05, 0) is 74.3 Å². The normalized spacial score (nSPS) is 17.8. The molecular formula is C33H38N2O4S2. The topological polar surface area (TPSA) is 84.5 Å². The largest absolute Gasteiger partial charge is 0.462 e. The van der Waals surface area contributed by atoms with Crippen LogP contribution in [-0.4, -0.2) is 24.4 Å². The second-order valence-electron chi connectivity index (χ2n) is 11.0. The molecule has 41 heavy (non-hydrogen) atoms. The van der Waals surface area contributed by atoms with Gasteiger partial charge in [0.2, 0.25) is 11.8 Å². The third-order valence-corrected chi connectivity index (χ3v) is 10.3. The van der Waals surface area contributed by atoms with E-state index in [1.165, 1.54) is 29.5 Å². The summed E-state index contributed by atoms with van der Waals surface area (Å²) in [6.45, 7) is 4.30. The zero-order valence-corrected chi connectivity index (χ0v) is 25.4. The Morgan fingerprint density at radius 1 is 1.00 bits per heavy atom. The van der Waals surface area contributed by atoms with Gasteiger partial charge < -0.3 is 15.4 Å². The minimum atomic E-state index is -0.561. The van der Waals surface area contributed by atoms with Gasteiger partial charge in [0.25, 0.3) is 0 Å². The number of hydrogen-bond donors (Lipinski definition) is 2. The highest BCUT2D eigenvalue weighted by Crippen LogP contribution is 2.42. The predicted molar refractivity (Wildman–Crippen MR) is 167 cm³/mol. The van der Waals surface area contributed by atoms with Crippen LogP contribution in [0.5, 0.6) is 0 Å². The average molecular weight is 591 g/mol. The van der Waals surface area contributed by atoms with Gasteiger partial charge in [-0.15, -0.1) is 23.1 Å². The number of ether oxygens (including phenoxy) is 1. The highest BCUT2D eigenvalue weighted by molar-refractivity contribution is 8.00. The minimum absolute atomic E-state index is 0.0658. The van der Waals surface area contributed by atoms with Gasteiger partial charge in [-0.2, -0.15) is 0 Å². The Labute approximate surface area is 250 Å². The van der Waals surface area contributed by atoms with Crippen LogP contribution in [0, 0.1) is 11.8 Å². The van der Waals surface area contributed by atoms with E-state index in [0.29, 0.717) is 16.5 Å². The van der Waals surface area contributed by atoms with Crippen molar-refractivity contribution in [2.45, 2.75) is 75.4 Å². The van der Waals surface area contributed by atoms with Gasteiger partial charge in [0.05, 0.1) is 12.2 Å². The molecule has 2 unspecified atom stereocenters. The van der Waals surface area contributed by atoms with Crippen LogP contribution in [0.25, 0.3) is 0 Å². The minimum Gasteiger partial charge on any atom is -0.462 e. The Morgan fingerprint density at radius 2 is 1.78 bits per heavy atom. The summed E-state index contributed by atoms with van der Waals surface area (Å²) >= 11 is 2.93. The Kier molecular flexibility index (Phi) is 9.83. The van der Waals surface area contributed by atoms with Crippen molar-refractivity contribution in [2.75, 3.05) is 17.2 Å². The van der Waals surface area contributed by atoms with Crippen LogP contribution in [0.15, 0.2) is 59.5 Å². The van der Waals surface area contributed by atoms with Crippen molar-refractivity contribution in [1.82, 2.24) is 0 Å². The highest BCUT2D eigenvalue weighted by atomic mass is 32.2. The van der Waals surface area contributed by atoms with Gasteiger partial charge in [0, 0.05) is 21.4 Å². The van der Waals surface area contributed by atoms with E-state index in [1.54, 1.807) is 6.92 Å². The summed E-state index contributed by atoms with van der Waals surface area (Å²) in [7, 11) is 0. The summed E-state index contributed by atoms with van der Waals surface area (Å²) < 4.78 is 5.41. The monoisotopic (exact) mass is 590 g/mol. The first-order valence-electron chi connectivity index (χ1n) is 14.7. The van der Waals surface area contributed by atoms with Crippen LogP contribution in [-0.2, 0) is 27.2 Å². The predicted octanol–water partition coefficient (Wildman–Crippen LogP) is 8.04. The van der Waals surface area contributed by atoms with Gasteiger partial charge in [0.15, 0.2) is 0 Å². The van der Waals surface area contributed by atoms with E-state index in [2.05, 4.69) is 17.6 Å². The van der Waals surface area contributed by atoms with Crippen molar-refractivity contribution in [3.63, 3.8) is 0 Å². The van der Waals surface area contributed by atoms with Gasteiger partial charge in [-0.3, -0.25) is 9.59 Å². The number of benzene rings is 2. The summed E-state index contributed by atoms with van der Waals surface area (Å²) in [6, 6.07) is 17.4. The summed E-state index contributed by atoms with van der Waals surface area (Å²) in [5.41, 5.74) is 3.13. The maximum atomic E-state index is 13.9. The number of nitrogens with one attached hydrogen (secondary N) is 2. The fourth-order valence-corrected chi connectivity index (χ4v) is 8.21. The summed E-state index contributed by atoms with van der Waals surface area (Å²) in [5.74, 6) is 0.108. The molecule has 2 amide bonds. The zero-order chi connectivity index (χ0) is 28.8. The van der Waals surface area contributed by atoms with E-state index in [4.69, 9.17) is 4.74 Å². The quantitative estimate of drug-likeness (QED) is 0.195. The van der Waals surface area contributed by atoms with E-state index in [0.717, 1.165) is 71.5 Å². The molecule has 8 heteroatoms. The molecule has 2 aliphatic rings. The number of rotatable bonds is 9. The van der Waals surface area contributed by atoms with Gasteiger partial charge in [0.1, 0.15) is 10.3 Å². The van der Waals surface area contributed by atoms with Gasteiger partial charge >= 0.3 is 5.97 Å². The molecule has 5 rings (SSSR count). The van der Waals surface area contributed by atoms with Gasteiger partial charge in [-0.1, -0.05) is 62.6 Å². The molecule has 6 nitrogen and oxygen atoms in total. The third kappa shape index (κ3) is 7.22. The van der Waals surface area contributed by atoms with Crippen molar-refractivity contribution in [1.29, 1.82) is 0 Å². The van der Waals surface area contributed by atoms with E-state index in [1.807, 2.05) is 54.6 Å². The Hall–Kier alpha value is -3.10. The number of fused-ring (bicyclic) bond motifs is 1. The summed E-state index contributed by atoms with van der Waals surface area (Å²) in [4.78, 5) is 41.9. The van der Waals surface area contributed by atoms with Crippen molar-refractivity contribution in [2.24, 2.45) is 11.8 Å². The lowest BCUT2D eigenvalue weighted by atomic mass is 9.88. The zero-order valence-electron chi connectivity index (χ0n) is 23.7. The number of thioether (sulfide) groups is 1. The molecule has 216 valence electrons. The number of carbonyl (C=O) groups excluding carboxylic acids is 3. The molecule has 2 atom stereocenters. The fraction of sp³-hybridized carbons (Fsp3) is 0.424. The van der Waals surface area contributed by atoms with Crippen molar-refractivity contribution in [3.8, 4) is 0 Å². The molecule has 2 aromatic carbocycles. The molecule has 1 fully saturated rings. The van der Waals surface area contributed by atoms with Crippen molar-refractivity contribution < 1.29 is 19.1 Å². The van der Waals surface area contributed by atoms with Crippen LogP contribution in [0.4, 0.5) is 10.7 Å². The molecule has 1 heterocycles. The Morgan fingerprint density at radius 3 is 2.54 bits per heavy atom. The first kappa shape index (κ1) is 29.4. The second kappa shape index (κ2) is 13.7. The molecule has 0 bridgehead atoms. The number of anilines is 2. The Balaban J connectivity index is 1.38. The lowest BCUT2D eigenvalue weighted by Crippen LogP contribution is -2.24. The molecule has 2 N–H and O–H groups in total. The number of thiophene rings is 1. The Bertz CT molecular complexity index is 1380. The first-order valence-corrected chi connectivity index (χ1v) is 16.4. The van der Waals surface area contributed by atoms with Crippen LogP contribution >= 0.6 is 23.1 Å². The number of amides is 2. The third-order valence-electron chi connectivity index (χ3n) is 7.90. The molecule has 0 radical (unpaired) electrons. The summed E-state index contributed by atoms with van der Waals surface area (Å²) in [5, 5.41) is 6.22. The maximum Gasteiger partial charge on any atom is 0.341 e. The van der Waals surface area contributed by atoms with E-state index >= 15 is 0 Å². The lowest BCUT2D eigenvalue weighted by molar-refractivity contribution is -0.120. The lowest BCUT2D eigenvalue weighted by Gasteiger charge is -2.21. The first-order chi connectivity index (χ1) is 19.9. The fourth-order valence-electron chi connectivity index (χ4n) is 5.73. The van der Waals surface area contributed by atoms with Crippen molar-refractivity contribution in [3.05, 3.63) is 76.2 Å². The number of carbonyl (C=O) groups is 3.